The Morgan fingerprint density at radius 3 is 2.31 bits per heavy atom. The van der Waals surface area contributed by atoms with Gasteiger partial charge in [-0.05, 0) is 31.6 Å². The third-order valence-corrected chi connectivity index (χ3v) is 3.38. The molecule has 16 heavy (non-hydrogen) atoms. The van der Waals surface area contributed by atoms with E-state index in [-0.39, 0.29) is 17.9 Å². The minimum atomic E-state index is 0.174. The molecule has 1 fully saturated rings. The van der Waals surface area contributed by atoms with Crippen LogP contribution in [0.3, 0.4) is 0 Å². The van der Waals surface area contributed by atoms with Gasteiger partial charge in [0, 0.05) is 18.5 Å². The number of amides is 1. The van der Waals surface area contributed by atoms with Gasteiger partial charge in [-0.15, -0.1) is 0 Å². The molecule has 0 bridgehead atoms. The van der Waals surface area contributed by atoms with Crippen molar-refractivity contribution in [1.29, 1.82) is 0 Å². The lowest BCUT2D eigenvalue weighted by Gasteiger charge is -2.17. The van der Waals surface area contributed by atoms with Crippen molar-refractivity contribution in [1.82, 2.24) is 5.32 Å². The first-order valence-electron chi connectivity index (χ1n) is 6.72. The van der Waals surface area contributed by atoms with Crippen molar-refractivity contribution in [2.45, 2.75) is 58.4 Å². The maximum absolute atomic E-state index is 11.9. The molecule has 0 heterocycles. The maximum Gasteiger partial charge on any atom is 0.223 e. The summed E-state index contributed by atoms with van der Waals surface area (Å²) in [4.78, 5) is 11.9. The SMILES string of the molecule is CCCC(CCC)C(=O)NCC(N)C1CC1. The average molecular weight is 226 g/mol. The molecule has 1 amide bonds. The third-order valence-electron chi connectivity index (χ3n) is 3.38. The van der Waals surface area contributed by atoms with Crippen molar-refractivity contribution < 1.29 is 4.79 Å². The topological polar surface area (TPSA) is 55.1 Å². The summed E-state index contributed by atoms with van der Waals surface area (Å²) in [7, 11) is 0. The van der Waals surface area contributed by atoms with Gasteiger partial charge < -0.3 is 11.1 Å². The summed E-state index contributed by atoms with van der Waals surface area (Å²) < 4.78 is 0. The van der Waals surface area contributed by atoms with Crippen LogP contribution in [0.4, 0.5) is 0 Å². The fourth-order valence-corrected chi connectivity index (χ4v) is 2.16. The third kappa shape index (κ3) is 4.52. The molecule has 0 saturated heterocycles. The lowest BCUT2D eigenvalue weighted by atomic mass is 9.97. The van der Waals surface area contributed by atoms with E-state index in [2.05, 4.69) is 19.2 Å². The predicted octanol–water partition coefficient (Wildman–Crippen LogP) is 2.06. The molecule has 1 atom stereocenters. The highest BCUT2D eigenvalue weighted by Crippen LogP contribution is 2.31. The van der Waals surface area contributed by atoms with E-state index in [0.29, 0.717) is 12.5 Å². The first kappa shape index (κ1) is 13.5. The van der Waals surface area contributed by atoms with Gasteiger partial charge in [-0.2, -0.15) is 0 Å². The normalized spacial score (nSPS) is 17.5. The number of carbonyl (C=O) groups is 1. The minimum Gasteiger partial charge on any atom is -0.354 e. The summed E-state index contributed by atoms with van der Waals surface area (Å²) in [5.41, 5.74) is 5.96. The van der Waals surface area contributed by atoms with Crippen LogP contribution in [0, 0.1) is 11.8 Å². The summed E-state index contributed by atoms with van der Waals surface area (Å²) in [5.74, 6) is 1.07. The smallest absolute Gasteiger partial charge is 0.223 e. The van der Waals surface area contributed by atoms with Crippen LogP contribution in [0.2, 0.25) is 0 Å². The molecular formula is C13H26N2O. The van der Waals surface area contributed by atoms with Crippen molar-refractivity contribution >= 4 is 5.91 Å². The van der Waals surface area contributed by atoms with E-state index >= 15 is 0 Å². The molecule has 3 heteroatoms. The second kappa shape index (κ2) is 6.89. The van der Waals surface area contributed by atoms with Gasteiger partial charge in [0.25, 0.3) is 0 Å². The molecule has 1 aliphatic rings. The van der Waals surface area contributed by atoms with Gasteiger partial charge in [0.05, 0.1) is 0 Å². The van der Waals surface area contributed by atoms with Crippen LogP contribution in [0.1, 0.15) is 52.4 Å². The molecular weight excluding hydrogens is 200 g/mol. The van der Waals surface area contributed by atoms with Crippen molar-refractivity contribution in [2.24, 2.45) is 17.6 Å². The number of nitrogens with two attached hydrogens (primary N) is 1. The fraction of sp³-hybridized carbons (Fsp3) is 0.923. The van der Waals surface area contributed by atoms with Crippen LogP contribution in [0.15, 0.2) is 0 Å². The zero-order valence-corrected chi connectivity index (χ0v) is 10.7. The Bertz CT molecular complexity index is 208. The second-order valence-electron chi connectivity index (χ2n) is 5.02. The monoisotopic (exact) mass is 226 g/mol. The van der Waals surface area contributed by atoms with Crippen LogP contribution in [0.25, 0.3) is 0 Å². The van der Waals surface area contributed by atoms with Gasteiger partial charge in [0.1, 0.15) is 0 Å². The Morgan fingerprint density at radius 1 is 1.31 bits per heavy atom. The van der Waals surface area contributed by atoms with E-state index in [1.54, 1.807) is 0 Å². The largest absolute Gasteiger partial charge is 0.354 e. The molecule has 1 rings (SSSR count). The highest BCUT2D eigenvalue weighted by molar-refractivity contribution is 5.78. The Balaban J connectivity index is 2.23. The fourth-order valence-electron chi connectivity index (χ4n) is 2.16. The van der Waals surface area contributed by atoms with Gasteiger partial charge in [-0.3, -0.25) is 4.79 Å². The van der Waals surface area contributed by atoms with E-state index in [1.807, 2.05) is 0 Å². The quantitative estimate of drug-likeness (QED) is 0.665. The summed E-state index contributed by atoms with van der Waals surface area (Å²) in [6.45, 7) is 4.92. The van der Waals surface area contributed by atoms with E-state index in [4.69, 9.17) is 5.73 Å². The molecule has 0 spiro atoms. The van der Waals surface area contributed by atoms with Crippen LogP contribution < -0.4 is 11.1 Å². The van der Waals surface area contributed by atoms with Crippen LogP contribution in [0.5, 0.6) is 0 Å². The van der Waals surface area contributed by atoms with Gasteiger partial charge in [0.15, 0.2) is 0 Å². The van der Waals surface area contributed by atoms with Crippen LogP contribution in [-0.2, 0) is 4.79 Å². The predicted molar refractivity (Wildman–Crippen MR) is 67.0 cm³/mol. The molecule has 3 nitrogen and oxygen atoms in total. The summed E-state index contributed by atoms with van der Waals surface area (Å²) >= 11 is 0. The molecule has 94 valence electrons. The summed E-state index contributed by atoms with van der Waals surface area (Å²) in [6.07, 6.45) is 6.63. The van der Waals surface area contributed by atoms with Gasteiger partial charge in [-0.25, -0.2) is 0 Å². The Morgan fingerprint density at radius 2 is 1.88 bits per heavy atom. The number of hydrogen-bond acceptors (Lipinski definition) is 2. The zero-order valence-electron chi connectivity index (χ0n) is 10.7. The van der Waals surface area contributed by atoms with Gasteiger partial charge in [-0.1, -0.05) is 26.7 Å². The van der Waals surface area contributed by atoms with Crippen molar-refractivity contribution in [3.05, 3.63) is 0 Å². The van der Waals surface area contributed by atoms with Crippen LogP contribution in [-0.4, -0.2) is 18.5 Å². The molecule has 0 aromatic carbocycles. The number of nitrogens with one attached hydrogen (secondary N) is 1. The molecule has 3 N–H and O–H groups in total. The van der Waals surface area contributed by atoms with Crippen molar-refractivity contribution in [2.75, 3.05) is 6.54 Å². The molecule has 0 aliphatic heterocycles. The Hall–Kier alpha value is -0.570. The number of carbonyl (C=O) groups excluding carboxylic acids is 1. The van der Waals surface area contributed by atoms with Gasteiger partial charge in [0.2, 0.25) is 5.91 Å². The number of hydrogen-bond donors (Lipinski definition) is 2. The highest BCUT2D eigenvalue weighted by atomic mass is 16.1. The first-order valence-corrected chi connectivity index (χ1v) is 6.72. The molecule has 0 aromatic rings. The standard InChI is InChI=1S/C13H26N2O/c1-3-5-11(6-4-2)13(16)15-9-12(14)10-7-8-10/h10-12H,3-9,14H2,1-2H3,(H,15,16). The Kier molecular flexibility index (Phi) is 5.81. The minimum absolute atomic E-state index is 0.174. The molecule has 0 aromatic heterocycles. The number of rotatable bonds is 8. The highest BCUT2D eigenvalue weighted by Gasteiger charge is 2.29. The lowest BCUT2D eigenvalue weighted by Crippen LogP contribution is -2.41. The zero-order chi connectivity index (χ0) is 12.0. The lowest BCUT2D eigenvalue weighted by molar-refractivity contribution is -0.125. The first-order chi connectivity index (χ1) is 7.69. The van der Waals surface area contributed by atoms with Crippen molar-refractivity contribution in [3.63, 3.8) is 0 Å². The average Bonchev–Trinajstić information content (AvgIpc) is 3.09. The van der Waals surface area contributed by atoms with Crippen molar-refractivity contribution in [3.8, 4) is 0 Å². The van der Waals surface area contributed by atoms with E-state index in [9.17, 15) is 4.79 Å². The second-order valence-corrected chi connectivity index (χ2v) is 5.02. The van der Waals surface area contributed by atoms with Crippen LogP contribution >= 0.6 is 0 Å². The maximum atomic E-state index is 11.9. The summed E-state index contributed by atoms with van der Waals surface area (Å²) in [6, 6.07) is 0.174. The molecule has 1 unspecified atom stereocenters. The van der Waals surface area contributed by atoms with E-state index in [0.717, 1.165) is 25.7 Å². The molecule has 1 aliphatic carbocycles. The van der Waals surface area contributed by atoms with Gasteiger partial charge >= 0.3 is 0 Å². The Labute approximate surface area is 99.2 Å². The molecule has 1 saturated carbocycles. The van der Waals surface area contributed by atoms with E-state index in [1.165, 1.54) is 12.8 Å². The molecule has 0 radical (unpaired) electrons. The van der Waals surface area contributed by atoms with E-state index < -0.39 is 0 Å². The summed E-state index contributed by atoms with van der Waals surface area (Å²) in [5, 5.41) is 3.01.